The second-order valence-electron chi connectivity index (χ2n) is 3.43. The lowest BCUT2D eigenvalue weighted by Crippen LogP contribution is -1.83. The Morgan fingerprint density at radius 3 is 2.60 bits per heavy atom. The number of allylic oxidation sites excluding steroid dienone is 1. The summed E-state index contributed by atoms with van der Waals surface area (Å²) in [4.78, 5) is 4.01. The highest BCUT2D eigenvalue weighted by molar-refractivity contribution is 5.63. The van der Waals surface area contributed by atoms with E-state index in [1.54, 1.807) is 0 Å². The van der Waals surface area contributed by atoms with Crippen molar-refractivity contribution < 1.29 is 0 Å². The summed E-state index contributed by atoms with van der Waals surface area (Å²) in [6, 6.07) is 12.5. The number of rotatable bonds is 3. The molecule has 2 aromatic rings. The lowest BCUT2D eigenvalue weighted by Gasteiger charge is -2.03. The molecule has 1 heteroatoms. The summed E-state index contributed by atoms with van der Waals surface area (Å²) in [7, 11) is 0. The van der Waals surface area contributed by atoms with Gasteiger partial charge in [0.1, 0.15) is 0 Å². The van der Waals surface area contributed by atoms with Crippen molar-refractivity contribution in [1.82, 2.24) is 4.98 Å². The minimum absolute atomic E-state index is 0.916. The van der Waals surface area contributed by atoms with Crippen molar-refractivity contribution in [2.24, 2.45) is 0 Å². The van der Waals surface area contributed by atoms with Crippen LogP contribution in [0, 0.1) is 0 Å². The largest absolute Gasteiger partial charge is 0.265 e. The molecule has 0 saturated heterocycles. The Bertz CT molecular complexity index is 446. The maximum Gasteiger partial charge on any atom is 0.0273 e. The lowest BCUT2D eigenvalue weighted by atomic mass is 10.0. The number of nitrogens with zero attached hydrogens (tertiary/aromatic N) is 1. The second-order valence-corrected chi connectivity index (χ2v) is 3.43. The molecule has 15 heavy (non-hydrogen) atoms. The predicted molar refractivity (Wildman–Crippen MR) is 63.6 cm³/mol. The quantitative estimate of drug-likeness (QED) is 0.683. The summed E-state index contributed by atoms with van der Waals surface area (Å²) in [6.07, 6.45) is 6.47. The van der Waals surface area contributed by atoms with Crippen molar-refractivity contribution in [2.45, 2.75) is 6.42 Å². The number of hydrogen-bond donors (Lipinski definition) is 0. The van der Waals surface area contributed by atoms with Crippen molar-refractivity contribution in [3.63, 3.8) is 0 Å². The van der Waals surface area contributed by atoms with Gasteiger partial charge in [0.2, 0.25) is 0 Å². The summed E-state index contributed by atoms with van der Waals surface area (Å²) in [6.45, 7) is 3.75. The number of aromatic nitrogens is 1. The Labute approximate surface area is 90.1 Å². The van der Waals surface area contributed by atoms with Gasteiger partial charge >= 0.3 is 0 Å². The minimum atomic E-state index is 0.916. The van der Waals surface area contributed by atoms with Gasteiger partial charge in [0, 0.05) is 12.4 Å². The van der Waals surface area contributed by atoms with Crippen molar-refractivity contribution >= 4 is 0 Å². The van der Waals surface area contributed by atoms with E-state index in [9.17, 15) is 0 Å². The Kier molecular flexibility index (Phi) is 2.93. The Morgan fingerprint density at radius 1 is 1.07 bits per heavy atom. The van der Waals surface area contributed by atoms with Crippen molar-refractivity contribution in [3.8, 4) is 11.1 Å². The standard InChI is InChI=1S/C14H13N/c1-2-4-12-5-3-6-14(11-12)13-7-9-15-10-8-13/h2-3,5-11H,1,4H2. The highest BCUT2D eigenvalue weighted by atomic mass is 14.6. The van der Waals surface area contributed by atoms with Gasteiger partial charge < -0.3 is 0 Å². The zero-order chi connectivity index (χ0) is 10.5. The zero-order valence-corrected chi connectivity index (χ0v) is 8.56. The summed E-state index contributed by atoms with van der Waals surface area (Å²) >= 11 is 0. The molecule has 1 heterocycles. The van der Waals surface area contributed by atoms with E-state index in [-0.39, 0.29) is 0 Å². The fourth-order valence-electron chi connectivity index (χ4n) is 1.59. The van der Waals surface area contributed by atoms with Crippen molar-refractivity contribution in [3.05, 3.63) is 67.0 Å². The van der Waals surface area contributed by atoms with Crippen LogP contribution in [0.2, 0.25) is 0 Å². The average molecular weight is 195 g/mol. The first kappa shape index (κ1) is 9.66. The molecule has 0 N–H and O–H groups in total. The van der Waals surface area contributed by atoms with E-state index in [0.717, 1.165) is 6.42 Å². The second kappa shape index (κ2) is 4.56. The van der Waals surface area contributed by atoms with E-state index in [0.29, 0.717) is 0 Å². The van der Waals surface area contributed by atoms with Gasteiger partial charge in [0.25, 0.3) is 0 Å². The van der Waals surface area contributed by atoms with Crippen molar-refractivity contribution in [1.29, 1.82) is 0 Å². The molecule has 0 aliphatic carbocycles. The molecule has 0 saturated carbocycles. The first-order chi connectivity index (χ1) is 7.40. The van der Waals surface area contributed by atoms with E-state index >= 15 is 0 Å². The first-order valence-corrected chi connectivity index (χ1v) is 5.00. The van der Waals surface area contributed by atoms with E-state index < -0.39 is 0 Å². The number of pyridine rings is 1. The lowest BCUT2D eigenvalue weighted by molar-refractivity contribution is 1.27. The molecule has 1 nitrogen and oxygen atoms in total. The van der Waals surface area contributed by atoms with Crippen LogP contribution in [0.15, 0.2) is 61.4 Å². The van der Waals surface area contributed by atoms with Gasteiger partial charge in [-0.15, -0.1) is 6.58 Å². The van der Waals surface area contributed by atoms with E-state index in [4.69, 9.17) is 0 Å². The topological polar surface area (TPSA) is 12.9 Å². The SMILES string of the molecule is C=CCc1cccc(-c2ccncc2)c1. The summed E-state index contributed by atoms with van der Waals surface area (Å²) in [5.74, 6) is 0. The molecule has 1 aromatic carbocycles. The van der Waals surface area contributed by atoms with Crippen LogP contribution in [-0.4, -0.2) is 4.98 Å². The Hall–Kier alpha value is -1.89. The van der Waals surface area contributed by atoms with Gasteiger partial charge in [0.15, 0.2) is 0 Å². The highest BCUT2D eigenvalue weighted by Crippen LogP contribution is 2.19. The third-order valence-corrected chi connectivity index (χ3v) is 2.32. The maximum absolute atomic E-state index is 4.01. The maximum atomic E-state index is 4.01. The Balaban J connectivity index is 2.37. The summed E-state index contributed by atoms with van der Waals surface area (Å²) in [5, 5.41) is 0. The molecule has 0 aliphatic heterocycles. The van der Waals surface area contributed by atoms with Gasteiger partial charge in [-0.25, -0.2) is 0 Å². The zero-order valence-electron chi connectivity index (χ0n) is 8.56. The molecule has 0 spiro atoms. The van der Waals surface area contributed by atoms with E-state index in [1.165, 1.54) is 16.7 Å². The van der Waals surface area contributed by atoms with Crippen LogP contribution in [-0.2, 0) is 6.42 Å². The van der Waals surface area contributed by atoms with Crippen LogP contribution >= 0.6 is 0 Å². The fraction of sp³-hybridized carbons (Fsp3) is 0.0714. The molecule has 0 aliphatic rings. The van der Waals surface area contributed by atoms with E-state index in [2.05, 4.69) is 35.8 Å². The molecule has 0 bridgehead atoms. The summed E-state index contributed by atoms with van der Waals surface area (Å²) < 4.78 is 0. The monoisotopic (exact) mass is 195 g/mol. The third kappa shape index (κ3) is 2.32. The van der Waals surface area contributed by atoms with Crippen LogP contribution < -0.4 is 0 Å². The molecular weight excluding hydrogens is 182 g/mol. The third-order valence-electron chi connectivity index (χ3n) is 2.32. The van der Waals surface area contributed by atoms with Crippen LogP contribution in [0.5, 0.6) is 0 Å². The van der Waals surface area contributed by atoms with Crippen LogP contribution in [0.25, 0.3) is 11.1 Å². The number of hydrogen-bond acceptors (Lipinski definition) is 1. The van der Waals surface area contributed by atoms with Crippen LogP contribution in [0.3, 0.4) is 0 Å². The van der Waals surface area contributed by atoms with Gasteiger partial charge in [-0.1, -0.05) is 30.3 Å². The van der Waals surface area contributed by atoms with Crippen molar-refractivity contribution in [2.75, 3.05) is 0 Å². The van der Waals surface area contributed by atoms with Gasteiger partial charge in [0.05, 0.1) is 0 Å². The molecule has 0 atom stereocenters. The average Bonchev–Trinajstić information content (AvgIpc) is 2.31. The van der Waals surface area contributed by atoms with Gasteiger partial charge in [-0.3, -0.25) is 4.98 Å². The molecule has 0 unspecified atom stereocenters. The highest BCUT2D eigenvalue weighted by Gasteiger charge is 1.97. The number of benzene rings is 1. The Morgan fingerprint density at radius 2 is 1.87 bits per heavy atom. The van der Waals surface area contributed by atoms with Gasteiger partial charge in [-0.2, -0.15) is 0 Å². The molecule has 74 valence electrons. The smallest absolute Gasteiger partial charge is 0.0273 e. The van der Waals surface area contributed by atoms with Gasteiger partial charge in [-0.05, 0) is 35.2 Å². The minimum Gasteiger partial charge on any atom is -0.265 e. The van der Waals surface area contributed by atoms with E-state index in [1.807, 2.05) is 30.6 Å². The predicted octanol–water partition coefficient (Wildman–Crippen LogP) is 3.48. The van der Waals surface area contributed by atoms with Crippen LogP contribution in [0.1, 0.15) is 5.56 Å². The molecule has 2 rings (SSSR count). The molecule has 1 aromatic heterocycles. The summed E-state index contributed by atoms with van der Waals surface area (Å²) in [5.41, 5.74) is 3.73. The normalized spacial score (nSPS) is 9.87. The fourth-order valence-corrected chi connectivity index (χ4v) is 1.59. The molecular formula is C14H13N. The molecule has 0 amide bonds. The molecule has 0 radical (unpaired) electrons. The van der Waals surface area contributed by atoms with Crippen LogP contribution in [0.4, 0.5) is 0 Å². The molecule has 0 fully saturated rings. The first-order valence-electron chi connectivity index (χ1n) is 5.00.